The van der Waals surface area contributed by atoms with Crippen molar-refractivity contribution >= 4 is 11.6 Å². The normalized spacial score (nSPS) is 11.3. The van der Waals surface area contributed by atoms with Gasteiger partial charge in [0.25, 0.3) is 0 Å². The molecule has 0 unspecified atom stereocenters. The smallest absolute Gasteiger partial charge is 0.101 e. The van der Waals surface area contributed by atoms with Gasteiger partial charge in [-0.25, -0.2) is 4.68 Å². The maximum absolute atomic E-state index is 5.85. The van der Waals surface area contributed by atoms with Crippen molar-refractivity contribution in [1.29, 1.82) is 0 Å². The van der Waals surface area contributed by atoms with E-state index in [1.807, 2.05) is 4.68 Å². The van der Waals surface area contributed by atoms with E-state index in [1.165, 1.54) is 12.1 Å². The summed E-state index contributed by atoms with van der Waals surface area (Å²) in [7, 11) is 0. The second kappa shape index (κ2) is 6.11. The first kappa shape index (κ1) is 12.5. The average Bonchev–Trinajstić information content (AvgIpc) is 2.58. The van der Waals surface area contributed by atoms with Crippen LogP contribution in [0.3, 0.4) is 0 Å². The Morgan fingerprint density at radius 2 is 2.13 bits per heavy atom. The maximum atomic E-state index is 5.85. The van der Waals surface area contributed by atoms with Gasteiger partial charge in [0.15, 0.2) is 0 Å². The lowest BCUT2D eigenvalue weighted by molar-refractivity contribution is 0.522. The second-order valence-corrected chi connectivity index (χ2v) is 4.54. The zero-order chi connectivity index (χ0) is 11.3. The highest BCUT2D eigenvalue weighted by atomic mass is 35.5. The van der Waals surface area contributed by atoms with Crippen LogP contribution in [-0.4, -0.2) is 15.0 Å². The molecular weight excluding hydrogens is 210 g/mol. The Morgan fingerprint density at radius 3 is 2.67 bits per heavy atom. The molecule has 0 atom stereocenters. The van der Waals surface area contributed by atoms with E-state index in [2.05, 4.69) is 31.1 Å². The Morgan fingerprint density at radius 1 is 1.40 bits per heavy atom. The van der Waals surface area contributed by atoms with Gasteiger partial charge in [0, 0.05) is 6.54 Å². The minimum atomic E-state index is 0.469. The molecule has 0 aromatic carbocycles. The van der Waals surface area contributed by atoms with Crippen LogP contribution >= 0.6 is 11.6 Å². The van der Waals surface area contributed by atoms with Crippen molar-refractivity contribution < 1.29 is 0 Å². The molecule has 0 aliphatic heterocycles. The molecular formula is C11H20ClN3. The van der Waals surface area contributed by atoms with Crippen LogP contribution in [0.2, 0.25) is 0 Å². The summed E-state index contributed by atoms with van der Waals surface area (Å²) in [5.74, 6) is 1.18. The highest BCUT2D eigenvalue weighted by molar-refractivity contribution is 6.16. The van der Waals surface area contributed by atoms with Crippen LogP contribution in [-0.2, 0) is 18.8 Å². The van der Waals surface area contributed by atoms with Crippen molar-refractivity contribution in [2.75, 3.05) is 0 Å². The van der Waals surface area contributed by atoms with Gasteiger partial charge >= 0.3 is 0 Å². The van der Waals surface area contributed by atoms with E-state index >= 15 is 0 Å². The quantitative estimate of drug-likeness (QED) is 0.703. The molecule has 4 heteroatoms. The SMILES string of the molecule is CCCn1nnc(CCl)c1CCC(C)C. The molecule has 0 spiro atoms. The van der Waals surface area contributed by atoms with Gasteiger partial charge in [-0.3, -0.25) is 0 Å². The van der Waals surface area contributed by atoms with Crippen LogP contribution in [0.4, 0.5) is 0 Å². The number of hydrogen-bond donors (Lipinski definition) is 0. The monoisotopic (exact) mass is 229 g/mol. The summed E-state index contributed by atoms with van der Waals surface area (Å²) in [5.41, 5.74) is 2.17. The van der Waals surface area contributed by atoms with E-state index in [-0.39, 0.29) is 0 Å². The van der Waals surface area contributed by atoms with Gasteiger partial charge in [-0.05, 0) is 25.2 Å². The minimum absolute atomic E-state index is 0.469. The maximum Gasteiger partial charge on any atom is 0.101 e. The number of halogens is 1. The summed E-state index contributed by atoms with van der Waals surface area (Å²) in [6.07, 6.45) is 3.29. The lowest BCUT2D eigenvalue weighted by Gasteiger charge is -2.07. The molecule has 0 saturated carbocycles. The topological polar surface area (TPSA) is 30.7 Å². The summed E-state index contributed by atoms with van der Waals surface area (Å²) in [5, 5.41) is 8.25. The zero-order valence-corrected chi connectivity index (χ0v) is 10.6. The first-order chi connectivity index (χ1) is 7.19. The molecule has 15 heavy (non-hydrogen) atoms. The zero-order valence-electron chi connectivity index (χ0n) is 9.83. The third-order valence-corrected chi connectivity index (χ3v) is 2.69. The fraction of sp³-hybridized carbons (Fsp3) is 0.818. The van der Waals surface area contributed by atoms with Gasteiger partial charge in [-0.2, -0.15) is 0 Å². The van der Waals surface area contributed by atoms with E-state index in [4.69, 9.17) is 11.6 Å². The van der Waals surface area contributed by atoms with Crippen molar-refractivity contribution in [3.63, 3.8) is 0 Å². The predicted molar refractivity (Wildman–Crippen MR) is 63.0 cm³/mol. The standard InChI is InChI=1S/C11H20ClN3/c1-4-7-15-11(6-5-9(2)3)10(8-12)13-14-15/h9H,4-8H2,1-3H3. The highest BCUT2D eigenvalue weighted by Crippen LogP contribution is 2.14. The van der Waals surface area contributed by atoms with Gasteiger partial charge in [0.05, 0.1) is 11.6 Å². The van der Waals surface area contributed by atoms with Crippen LogP contribution in [0.5, 0.6) is 0 Å². The largest absolute Gasteiger partial charge is 0.249 e. The van der Waals surface area contributed by atoms with Crippen LogP contribution in [0, 0.1) is 5.92 Å². The van der Waals surface area contributed by atoms with E-state index in [0.29, 0.717) is 11.8 Å². The number of rotatable bonds is 6. The van der Waals surface area contributed by atoms with Crippen molar-refractivity contribution in [2.24, 2.45) is 5.92 Å². The molecule has 1 heterocycles. The molecule has 0 radical (unpaired) electrons. The summed E-state index contributed by atoms with van der Waals surface area (Å²) in [4.78, 5) is 0. The Labute approximate surface area is 96.8 Å². The Hall–Kier alpha value is -0.570. The van der Waals surface area contributed by atoms with Crippen molar-refractivity contribution in [3.05, 3.63) is 11.4 Å². The van der Waals surface area contributed by atoms with Crippen molar-refractivity contribution in [2.45, 2.75) is 52.5 Å². The van der Waals surface area contributed by atoms with Crippen LogP contribution in [0.1, 0.15) is 45.0 Å². The van der Waals surface area contributed by atoms with E-state index in [9.17, 15) is 0 Å². The third-order valence-electron chi connectivity index (χ3n) is 2.44. The molecule has 0 aliphatic carbocycles. The van der Waals surface area contributed by atoms with Crippen molar-refractivity contribution in [3.8, 4) is 0 Å². The molecule has 0 fully saturated rings. The van der Waals surface area contributed by atoms with Gasteiger partial charge in [-0.1, -0.05) is 26.0 Å². The van der Waals surface area contributed by atoms with E-state index in [1.54, 1.807) is 0 Å². The molecule has 86 valence electrons. The lowest BCUT2D eigenvalue weighted by Crippen LogP contribution is -2.07. The Kier molecular flexibility index (Phi) is 5.09. The van der Waals surface area contributed by atoms with Crippen LogP contribution in [0.25, 0.3) is 0 Å². The van der Waals surface area contributed by atoms with Gasteiger partial charge in [-0.15, -0.1) is 16.7 Å². The Balaban J connectivity index is 2.75. The summed E-state index contributed by atoms with van der Waals surface area (Å²) < 4.78 is 2.00. The molecule has 1 rings (SSSR count). The second-order valence-electron chi connectivity index (χ2n) is 4.27. The van der Waals surface area contributed by atoms with Gasteiger partial charge < -0.3 is 0 Å². The summed E-state index contributed by atoms with van der Waals surface area (Å²) >= 11 is 5.85. The molecule has 0 bridgehead atoms. The highest BCUT2D eigenvalue weighted by Gasteiger charge is 2.11. The minimum Gasteiger partial charge on any atom is -0.249 e. The molecule has 3 nitrogen and oxygen atoms in total. The first-order valence-electron chi connectivity index (χ1n) is 5.66. The van der Waals surface area contributed by atoms with E-state index in [0.717, 1.165) is 25.1 Å². The summed E-state index contributed by atoms with van der Waals surface area (Å²) in [6, 6.07) is 0. The Bertz CT molecular complexity index is 294. The molecule has 0 saturated heterocycles. The van der Waals surface area contributed by atoms with Crippen LogP contribution < -0.4 is 0 Å². The number of alkyl halides is 1. The summed E-state index contributed by atoms with van der Waals surface area (Å²) in [6.45, 7) is 7.55. The number of aryl methyl sites for hydroxylation is 1. The van der Waals surface area contributed by atoms with Crippen LogP contribution in [0.15, 0.2) is 0 Å². The average molecular weight is 230 g/mol. The van der Waals surface area contributed by atoms with E-state index < -0.39 is 0 Å². The predicted octanol–water partition coefficient (Wildman–Crippen LogP) is 3.02. The fourth-order valence-electron chi connectivity index (χ4n) is 1.56. The number of hydrogen-bond acceptors (Lipinski definition) is 2. The fourth-order valence-corrected chi connectivity index (χ4v) is 1.77. The number of aromatic nitrogens is 3. The lowest BCUT2D eigenvalue weighted by atomic mass is 10.1. The molecule has 1 aromatic rings. The molecule has 0 N–H and O–H groups in total. The first-order valence-corrected chi connectivity index (χ1v) is 6.19. The number of nitrogens with zero attached hydrogens (tertiary/aromatic N) is 3. The van der Waals surface area contributed by atoms with Gasteiger partial charge in [0.2, 0.25) is 0 Å². The molecule has 0 amide bonds. The molecule has 1 aromatic heterocycles. The molecule has 0 aliphatic rings. The van der Waals surface area contributed by atoms with Crippen molar-refractivity contribution in [1.82, 2.24) is 15.0 Å². The van der Waals surface area contributed by atoms with Gasteiger partial charge in [0.1, 0.15) is 5.69 Å². The third kappa shape index (κ3) is 3.49.